The molecule has 0 saturated carbocycles. The third kappa shape index (κ3) is 14.6. The first kappa shape index (κ1) is 48.1. The van der Waals surface area contributed by atoms with Crippen LogP contribution in [0, 0.1) is 0 Å². The SMILES string of the molecule is CC(C)N(CC(=O)O)C(=O)CN(CCC1=CCc2ccccc21)C(=O)CNC(=O)CN(CCCN=C(N)N)C(=O)CN(CCc1c[nH]c2ccccc12)C(=O)CCCCc1ncc[nH]1. The quantitative estimate of drug-likeness (QED) is 0.0305. The molecule has 342 valence electrons. The second-order valence-electron chi connectivity index (χ2n) is 16.1. The Kier molecular flexibility index (Phi) is 18.0. The normalized spacial score (nSPS) is 11.8. The molecule has 4 aromatic rings. The number of guanidine groups is 1. The van der Waals surface area contributed by atoms with Crippen molar-refractivity contribution < 1.29 is 33.9 Å². The number of para-hydroxylation sites is 1. The van der Waals surface area contributed by atoms with Gasteiger partial charge >= 0.3 is 5.97 Å². The van der Waals surface area contributed by atoms with Gasteiger partial charge in [-0.1, -0.05) is 48.5 Å². The highest BCUT2D eigenvalue weighted by Gasteiger charge is 2.27. The summed E-state index contributed by atoms with van der Waals surface area (Å²) in [6, 6.07) is 15.3. The summed E-state index contributed by atoms with van der Waals surface area (Å²) >= 11 is 0. The van der Waals surface area contributed by atoms with Crippen LogP contribution in [0.1, 0.15) is 68.5 Å². The molecule has 0 bridgehead atoms. The number of carbonyl (C=O) groups is 6. The van der Waals surface area contributed by atoms with Gasteiger partial charge in [-0.3, -0.25) is 33.8 Å². The van der Waals surface area contributed by atoms with Crippen LogP contribution < -0.4 is 16.8 Å². The maximum absolute atomic E-state index is 14.1. The van der Waals surface area contributed by atoms with Gasteiger partial charge in [-0.25, -0.2) is 4.98 Å². The summed E-state index contributed by atoms with van der Waals surface area (Å²) in [4.78, 5) is 100. The Bertz CT molecular complexity index is 2280. The predicted molar refractivity (Wildman–Crippen MR) is 243 cm³/mol. The number of carboxylic acids is 1. The molecule has 0 spiro atoms. The summed E-state index contributed by atoms with van der Waals surface area (Å²) in [7, 11) is 0. The van der Waals surface area contributed by atoms with Crippen molar-refractivity contribution in [3.8, 4) is 0 Å². The van der Waals surface area contributed by atoms with E-state index >= 15 is 0 Å². The number of aliphatic imine (C=N–C) groups is 1. The molecular weight excluding hydrogens is 819 g/mol. The zero-order valence-corrected chi connectivity index (χ0v) is 36.8. The molecule has 0 atom stereocenters. The van der Waals surface area contributed by atoms with Crippen LogP contribution >= 0.6 is 0 Å². The molecule has 8 N–H and O–H groups in total. The summed E-state index contributed by atoms with van der Waals surface area (Å²) in [5.41, 5.74) is 16.3. The zero-order chi connectivity index (χ0) is 46.0. The standard InChI is InChI=1S/C46H61N11O7/c1-32(2)57(31-45(63)64)44(62)30-56(24-18-34-17-16-33-10-3-4-11-36(33)34)42(60)27-53-40(58)28-54(23-9-20-51-46(47)48)43(61)29-55(41(59)15-8-7-14-39-49-21-22-50-39)25-19-35-26-52-38-13-6-5-12-37(35)38/h3-6,10-13,17,21-22,26,32,52H,7-9,14-16,18-20,23-25,27-31H2,1-2H3,(H,49,50)(H,53,58)(H,63,64)(H4,47,48,51). The van der Waals surface area contributed by atoms with Gasteiger partial charge in [0.25, 0.3) is 0 Å². The Balaban J connectivity index is 1.26. The minimum atomic E-state index is -1.18. The van der Waals surface area contributed by atoms with E-state index in [1.807, 2.05) is 54.7 Å². The first-order valence-corrected chi connectivity index (χ1v) is 21.8. The molecule has 2 heterocycles. The monoisotopic (exact) mass is 879 g/mol. The molecule has 0 unspecified atom stereocenters. The Morgan fingerprint density at radius 1 is 0.797 bits per heavy atom. The van der Waals surface area contributed by atoms with Gasteiger partial charge < -0.3 is 51.5 Å². The Labute approximate surface area is 373 Å². The second-order valence-corrected chi connectivity index (χ2v) is 16.1. The van der Waals surface area contributed by atoms with Crippen molar-refractivity contribution in [2.45, 2.75) is 71.3 Å². The summed E-state index contributed by atoms with van der Waals surface area (Å²) < 4.78 is 0. The number of carboxylic acid groups (broad SMARTS) is 1. The number of rotatable bonds is 26. The number of fused-ring (bicyclic) bond motifs is 2. The van der Waals surface area contributed by atoms with Gasteiger partial charge in [-0.15, -0.1) is 0 Å². The van der Waals surface area contributed by atoms with Crippen LogP contribution in [-0.2, 0) is 48.0 Å². The molecular formula is C46H61N11O7. The number of amides is 5. The van der Waals surface area contributed by atoms with Gasteiger partial charge in [0.05, 0.1) is 26.2 Å². The molecule has 18 heteroatoms. The van der Waals surface area contributed by atoms with Crippen LogP contribution in [0.2, 0.25) is 0 Å². The number of aromatic nitrogens is 3. The third-order valence-corrected chi connectivity index (χ3v) is 11.1. The summed E-state index contributed by atoms with van der Waals surface area (Å²) in [6.45, 7) is 1.93. The second kappa shape index (κ2) is 24.0. The number of nitrogens with zero attached hydrogens (tertiary/aromatic N) is 6. The first-order chi connectivity index (χ1) is 30.8. The van der Waals surface area contributed by atoms with Gasteiger partial charge in [0.2, 0.25) is 29.5 Å². The minimum absolute atomic E-state index is 0.0798. The Morgan fingerprint density at radius 2 is 1.52 bits per heavy atom. The zero-order valence-electron chi connectivity index (χ0n) is 36.8. The number of imidazole rings is 1. The van der Waals surface area contributed by atoms with Gasteiger partial charge in [0.15, 0.2) is 5.96 Å². The molecule has 5 amide bonds. The number of allylic oxidation sites excluding steroid dienone is 1. The van der Waals surface area contributed by atoms with Gasteiger partial charge in [-0.2, -0.15) is 0 Å². The molecule has 18 nitrogen and oxygen atoms in total. The highest BCUT2D eigenvalue weighted by molar-refractivity contribution is 5.92. The van der Waals surface area contributed by atoms with Crippen LogP contribution in [-0.4, -0.2) is 146 Å². The molecule has 5 rings (SSSR count). The number of hydrogen-bond acceptors (Lipinski definition) is 8. The molecule has 1 aliphatic carbocycles. The van der Waals surface area contributed by atoms with Crippen LogP contribution in [0.3, 0.4) is 0 Å². The number of nitrogens with two attached hydrogens (primary N) is 2. The fourth-order valence-corrected chi connectivity index (χ4v) is 7.68. The van der Waals surface area contributed by atoms with E-state index in [-0.39, 0.29) is 51.0 Å². The maximum atomic E-state index is 14.1. The molecule has 2 aromatic heterocycles. The fourth-order valence-electron chi connectivity index (χ4n) is 7.68. The van der Waals surface area contributed by atoms with E-state index < -0.39 is 61.8 Å². The fraction of sp³-hybridized carbons (Fsp3) is 0.435. The van der Waals surface area contributed by atoms with E-state index in [1.54, 1.807) is 26.2 Å². The number of unbranched alkanes of at least 4 members (excludes halogenated alkanes) is 1. The topological polar surface area (TPSA) is 257 Å². The minimum Gasteiger partial charge on any atom is -0.480 e. The summed E-state index contributed by atoms with van der Waals surface area (Å²) in [5.74, 6) is -2.88. The molecule has 0 fully saturated rings. The van der Waals surface area contributed by atoms with Crippen LogP contribution in [0.15, 0.2) is 78.2 Å². The third-order valence-electron chi connectivity index (χ3n) is 11.1. The lowest BCUT2D eigenvalue weighted by Crippen LogP contribution is -2.51. The number of aryl methyl sites for hydroxylation is 1. The lowest BCUT2D eigenvalue weighted by Gasteiger charge is -2.30. The first-order valence-electron chi connectivity index (χ1n) is 21.8. The highest BCUT2D eigenvalue weighted by Crippen LogP contribution is 2.29. The maximum Gasteiger partial charge on any atom is 0.323 e. The van der Waals surface area contributed by atoms with Crippen molar-refractivity contribution >= 4 is 57.9 Å². The van der Waals surface area contributed by atoms with Gasteiger partial charge in [0, 0.05) is 74.6 Å². The van der Waals surface area contributed by atoms with Crippen LogP contribution in [0.5, 0.6) is 0 Å². The van der Waals surface area contributed by atoms with E-state index in [0.29, 0.717) is 32.1 Å². The number of hydrogen-bond donors (Lipinski definition) is 6. The molecule has 1 aliphatic rings. The Morgan fingerprint density at radius 3 is 2.27 bits per heavy atom. The number of aliphatic carboxylic acids is 1. The van der Waals surface area contributed by atoms with Crippen molar-refractivity contribution in [2.24, 2.45) is 16.5 Å². The van der Waals surface area contributed by atoms with E-state index in [0.717, 1.165) is 51.8 Å². The summed E-state index contributed by atoms with van der Waals surface area (Å²) in [6.07, 6.45) is 11.6. The van der Waals surface area contributed by atoms with Crippen LogP contribution in [0.4, 0.5) is 0 Å². The molecule has 0 radical (unpaired) electrons. The number of aromatic amines is 2. The molecule has 0 saturated heterocycles. The smallest absolute Gasteiger partial charge is 0.323 e. The number of nitrogens with one attached hydrogen (secondary N) is 3. The largest absolute Gasteiger partial charge is 0.480 e. The highest BCUT2D eigenvalue weighted by atomic mass is 16.4. The molecule has 64 heavy (non-hydrogen) atoms. The van der Waals surface area contributed by atoms with Crippen molar-refractivity contribution in [3.05, 3.63) is 95.7 Å². The lowest BCUT2D eigenvalue weighted by atomic mass is 10.0. The van der Waals surface area contributed by atoms with Crippen LogP contribution in [0.25, 0.3) is 16.5 Å². The van der Waals surface area contributed by atoms with Gasteiger partial charge in [0.1, 0.15) is 12.4 Å². The van der Waals surface area contributed by atoms with Crippen molar-refractivity contribution in [1.82, 2.24) is 39.9 Å². The lowest BCUT2D eigenvalue weighted by molar-refractivity contribution is -0.148. The van der Waals surface area contributed by atoms with E-state index in [4.69, 9.17) is 11.5 Å². The van der Waals surface area contributed by atoms with E-state index in [2.05, 4.69) is 31.3 Å². The predicted octanol–water partition coefficient (Wildman–Crippen LogP) is 2.46. The summed E-state index contributed by atoms with van der Waals surface area (Å²) in [5, 5.41) is 13.1. The Hall–Kier alpha value is -6.98. The van der Waals surface area contributed by atoms with E-state index in [1.165, 1.54) is 19.6 Å². The number of H-pyrrole nitrogens is 2. The average molecular weight is 880 g/mol. The number of carbonyl (C=O) groups excluding carboxylic acids is 5. The van der Waals surface area contributed by atoms with Crippen molar-refractivity contribution in [3.63, 3.8) is 0 Å². The van der Waals surface area contributed by atoms with Gasteiger partial charge in [-0.05, 0) is 80.7 Å². The number of benzene rings is 2. The van der Waals surface area contributed by atoms with Crippen molar-refractivity contribution in [2.75, 3.05) is 58.9 Å². The van der Waals surface area contributed by atoms with E-state index in [9.17, 15) is 33.9 Å². The van der Waals surface area contributed by atoms with Crippen molar-refractivity contribution in [1.29, 1.82) is 0 Å². The molecule has 0 aliphatic heterocycles. The molecule has 2 aromatic carbocycles. The average Bonchev–Trinajstić information content (AvgIpc) is 4.05.